The second-order valence-corrected chi connectivity index (χ2v) is 3.09. The Labute approximate surface area is 89.8 Å². The van der Waals surface area contributed by atoms with Crippen LogP contribution in [-0.2, 0) is 6.42 Å². The molecule has 0 fully saturated rings. The van der Waals surface area contributed by atoms with E-state index in [9.17, 15) is 0 Å². The highest BCUT2D eigenvalue weighted by atomic mass is 16.5. The van der Waals surface area contributed by atoms with Gasteiger partial charge in [-0.2, -0.15) is 0 Å². The van der Waals surface area contributed by atoms with Gasteiger partial charge in [0.25, 0.3) is 0 Å². The maximum absolute atomic E-state index is 8.59. The van der Waals surface area contributed by atoms with Crippen molar-refractivity contribution in [3.05, 3.63) is 23.8 Å². The molecular weight excluding hydrogens is 194 g/mol. The molecule has 0 aromatic heterocycles. The first kappa shape index (κ1) is 11.8. The lowest BCUT2D eigenvalue weighted by Crippen LogP contribution is -2.18. The Morgan fingerprint density at radius 2 is 2.07 bits per heavy atom. The lowest BCUT2D eigenvalue weighted by molar-refractivity contribution is 0.261. The average Bonchev–Trinajstić information content (AvgIpc) is 2.29. The number of benzene rings is 1. The number of hydrogen-bond acceptors (Lipinski definition) is 4. The minimum Gasteiger partial charge on any atom is -0.497 e. The van der Waals surface area contributed by atoms with E-state index in [1.54, 1.807) is 14.2 Å². The molecule has 0 radical (unpaired) electrons. The molecule has 84 valence electrons. The molecule has 2 N–H and O–H groups in total. The van der Waals surface area contributed by atoms with Crippen LogP contribution in [0, 0.1) is 0 Å². The Morgan fingerprint density at radius 3 is 2.67 bits per heavy atom. The highest BCUT2D eigenvalue weighted by Gasteiger charge is 2.04. The quantitative estimate of drug-likeness (QED) is 0.539. The largest absolute Gasteiger partial charge is 0.497 e. The molecule has 1 aromatic rings. The van der Waals surface area contributed by atoms with E-state index in [1.807, 2.05) is 18.2 Å². The lowest BCUT2D eigenvalue weighted by atomic mass is 10.1. The molecule has 1 aromatic carbocycles. The highest BCUT2D eigenvalue weighted by molar-refractivity contribution is 5.40. The molecule has 4 heteroatoms. The molecule has 0 amide bonds. The second-order valence-electron chi connectivity index (χ2n) is 3.09. The normalized spacial score (nSPS) is 10.1. The first-order valence-corrected chi connectivity index (χ1v) is 4.84. The van der Waals surface area contributed by atoms with Crippen molar-refractivity contribution >= 4 is 0 Å². The topological polar surface area (TPSA) is 50.7 Å². The third-order valence-electron chi connectivity index (χ3n) is 2.18. The summed E-state index contributed by atoms with van der Waals surface area (Å²) in [5, 5.41) is 11.4. The number of rotatable bonds is 6. The van der Waals surface area contributed by atoms with Gasteiger partial charge in [-0.25, -0.2) is 0 Å². The number of hydrogen-bond donors (Lipinski definition) is 2. The van der Waals surface area contributed by atoms with Crippen molar-refractivity contribution in [2.75, 3.05) is 27.5 Å². The Bertz CT molecular complexity index is 302. The Hall–Kier alpha value is -1.26. The standard InChI is InChI=1S/C11H17NO3/c1-14-10-4-3-9(5-6-12-8-13)11(7-10)15-2/h3-4,7,12-13H,5-6,8H2,1-2H3. The zero-order valence-corrected chi connectivity index (χ0v) is 9.12. The zero-order valence-electron chi connectivity index (χ0n) is 9.12. The van der Waals surface area contributed by atoms with Crippen LogP contribution in [0.25, 0.3) is 0 Å². The monoisotopic (exact) mass is 211 g/mol. The maximum Gasteiger partial charge on any atom is 0.125 e. The summed E-state index contributed by atoms with van der Waals surface area (Å²) < 4.78 is 10.3. The summed E-state index contributed by atoms with van der Waals surface area (Å²) in [6, 6.07) is 5.72. The van der Waals surface area contributed by atoms with Gasteiger partial charge in [-0.3, -0.25) is 5.32 Å². The van der Waals surface area contributed by atoms with E-state index in [0.717, 1.165) is 30.0 Å². The molecule has 0 bridgehead atoms. The van der Waals surface area contributed by atoms with Crippen LogP contribution < -0.4 is 14.8 Å². The molecule has 0 aliphatic rings. The van der Waals surface area contributed by atoms with Gasteiger partial charge in [-0.15, -0.1) is 0 Å². The van der Waals surface area contributed by atoms with Gasteiger partial charge >= 0.3 is 0 Å². The molecule has 0 atom stereocenters. The van der Waals surface area contributed by atoms with E-state index in [-0.39, 0.29) is 6.73 Å². The van der Waals surface area contributed by atoms with E-state index >= 15 is 0 Å². The van der Waals surface area contributed by atoms with Crippen LogP contribution in [0.15, 0.2) is 18.2 Å². The predicted molar refractivity (Wildman–Crippen MR) is 58.3 cm³/mol. The zero-order chi connectivity index (χ0) is 11.1. The number of ether oxygens (including phenoxy) is 2. The molecule has 0 saturated heterocycles. The fraction of sp³-hybridized carbons (Fsp3) is 0.455. The van der Waals surface area contributed by atoms with Gasteiger partial charge in [0.05, 0.1) is 21.0 Å². The van der Waals surface area contributed by atoms with Crippen LogP contribution in [0.5, 0.6) is 11.5 Å². The summed E-state index contributed by atoms with van der Waals surface area (Å²) in [4.78, 5) is 0. The van der Waals surface area contributed by atoms with E-state index in [2.05, 4.69) is 5.32 Å². The SMILES string of the molecule is COc1ccc(CCNCO)c(OC)c1. The van der Waals surface area contributed by atoms with E-state index < -0.39 is 0 Å². The summed E-state index contributed by atoms with van der Waals surface area (Å²) in [6.45, 7) is 0.720. The fourth-order valence-corrected chi connectivity index (χ4v) is 1.36. The molecule has 0 aliphatic heterocycles. The van der Waals surface area contributed by atoms with Crippen LogP contribution in [0.2, 0.25) is 0 Å². The molecule has 15 heavy (non-hydrogen) atoms. The molecule has 0 heterocycles. The molecular formula is C11H17NO3. The predicted octanol–water partition coefficient (Wildman–Crippen LogP) is 0.786. The first-order valence-electron chi connectivity index (χ1n) is 4.84. The van der Waals surface area contributed by atoms with E-state index in [1.165, 1.54) is 0 Å². The molecule has 0 saturated carbocycles. The number of aliphatic hydroxyl groups is 1. The van der Waals surface area contributed by atoms with Crippen LogP contribution in [-0.4, -0.2) is 32.6 Å². The van der Waals surface area contributed by atoms with Crippen molar-refractivity contribution in [1.29, 1.82) is 0 Å². The molecule has 1 rings (SSSR count). The Kier molecular flexibility index (Phi) is 4.93. The average molecular weight is 211 g/mol. The minimum absolute atomic E-state index is 0.00152. The van der Waals surface area contributed by atoms with Crippen molar-refractivity contribution in [2.45, 2.75) is 6.42 Å². The van der Waals surface area contributed by atoms with Crippen LogP contribution >= 0.6 is 0 Å². The number of nitrogens with one attached hydrogen (secondary N) is 1. The van der Waals surface area contributed by atoms with Gasteiger partial charge in [-0.05, 0) is 18.1 Å². The second kappa shape index (κ2) is 6.27. The Morgan fingerprint density at radius 1 is 1.27 bits per heavy atom. The van der Waals surface area contributed by atoms with Gasteiger partial charge in [0.15, 0.2) is 0 Å². The third-order valence-corrected chi connectivity index (χ3v) is 2.18. The number of aliphatic hydroxyl groups excluding tert-OH is 1. The lowest BCUT2D eigenvalue weighted by Gasteiger charge is -2.10. The third kappa shape index (κ3) is 3.42. The smallest absolute Gasteiger partial charge is 0.125 e. The van der Waals surface area contributed by atoms with Gasteiger partial charge in [0.2, 0.25) is 0 Å². The summed E-state index contributed by atoms with van der Waals surface area (Å²) in [5.74, 6) is 1.60. The first-order chi connectivity index (χ1) is 7.31. The summed E-state index contributed by atoms with van der Waals surface area (Å²) in [6.07, 6.45) is 0.813. The Balaban J connectivity index is 2.69. The van der Waals surface area contributed by atoms with Gasteiger partial charge < -0.3 is 14.6 Å². The van der Waals surface area contributed by atoms with Crippen LogP contribution in [0.3, 0.4) is 0 Å². The van der Waals surface area contributed by atoms with E-state index in [0.29, 0.717) is 0 Å². The maximum atomic E-state index is 8.59. The fourth-order valence-electron chi connectivity index (χ4n) is 1.36. The number of methoxy groups -OCH3 is 2. The van der Waals surface area contributed by atoms with Crippen molar-refractivity contribution in [2.24, 2.45) is 0 Å². The van der Waals surface area contributed by atoms with Crippen molar-refractivity contribution in [3.63, 3.8) is 0 Å². The highest BCUT2D eigenvalue weighted by Crippen LogP contribution is 2.24. The molecule has 4 nitrogen and oxygen atoms in total. The van der Waals surface area contributed by atoms with Crippen molar-refractivity contribution < 1.29 is 14.6 Å². The van der Waals surface area contributed by atoms with Crippen LogP contribution in [0.4, 0.5) is 0 Å². The van der Waals surface area contributed by atoms with Gasteiger partial charge in [0.1, 0.15) is 11.5 Å². The van der Waals surface area contributed by atoms with Crippen molar-refractivity contribution in [3.8, 4) is 11.5 Å². The molecule has 0 aliphatic carbocycles. The summed E-state index contributed by atoms with van der Waals surface area (Å²) in [5.41, 5.74) is 1.10. The summed E-state index contributed by atoms with van der Waals surface area (Å²) in [7, 11) is 3.26. The van der Waals surface area contributed by atoms with Crippen molar-refractivity contribution in [1.82, 2.24) is 5.32 Å². The summed E-state index contributed by atoms with van der Waals surface area (Å²) >= 11 is 0. The van der Waals surface area contributed by atoms with Gasteiger partial charge in [0, 0.05) is 12.6 Å². The van der Waals surface area contributed by atoms with Crippen LogP contribution in [0.1, 0.15) is 5.56 Å². The van der Waals surface area contributed by atoms with E-state index in [4.69, 9.17) is 14.6 Å². The minimum atomic E-state index is -0.00152. The molecule has 0 spiro atoms. The molecule has 0 unspecified atom stereocenters. The van der Waals surface area contributed by atoms with Gasteiger partial charge in [-0.1, -0.05) is 6.07 Å².